The number of aromatic nitrogens is 5. The minimum atomic E-state index is -0.848. The Hall–Kier alpha value is -3.34. The van der Waals surface area contributed by atoms with E-state index < -0.39 is 11.6 Å². The minimum absolute atomic E-state index is 0.0852. The topological polar surface area (TPSA) is 112 Å². The van der Waals surface area contributed by atoms with Crippen molar-refractivity contribution >= 4 is 52.1 Å². The van der Waals surface area contributed by atoms with Gasteiger partial charge in [-0.3, -0.25) is 9.59 Å². The van der Waals surface area contributed by atoms with Gasteiger partial charge in [-0.25, -0.2) is 9.67 Å². The molecule has 0 saturated carbocycles. The van der Waals surface area contributed by atoms with Gasteiger partial charge in [0.1, 0.15) is 23.3 Å². The number of carbonyl (C=O) groups excluding carboxylic acids is 2. The molecule has 0 spiro atoms. The van der Waals surface area contributed by atoms with Gasteiger partial charge in [0.05, 0.1) is 5.69 Å². The van der Waals surface area contributed by atoms with Gasteiger partial charge in [0, 0.05) is 21.1 Å². The lowest BCUT2D eigenvalue weighted by molar-refractivity contribution is -0.138. The van der Waals surface area contributed by atoms with Crippen LogP contribution in [0.1, 0.15) is 47.9 Å². The van der Waals surface area contributed by atoms with Crippen LogP contribution in [-0.4, -0.2) is 36.0 Å². The van der Waals surface area contributed by atoms with E-state index in [4.69, 9.17) is 27.9 Å². The van der Waals surface area contributed by atoms with Gasteiger partial charge in [0.2, 0.25) is 5.78 Å². The number of aryl methyl sites for hydroxylation is 2. The molecule has 9 nitrogen and oxygen atoms in total. The van der Waals surface area contributed by atoms with Crippen LogP contribution in [0.5, 0.6) is 5.75 Å². The fourth-order valence-electron chi connectivity index (χ4n) is 2.88. The van der Waals surface area contributed by atoms with Crippen LogP contribution >= 0.6 is 34.7 Å². The van der Waals surface area contributed by atoms with Crippen molar-refractivity contribution in [1.29, 1.82) is 0 Å². The molecule has 0 aliphatic rings. The van der Waals surface area contributed by atoms with Crippen LogP contribution in [0.3, 0.4) is 0 Å². The Bertz CT molecular complexity index is 1350. The molecule has 0 bridgehead atoms. The molecule has 12 heteroatoms. The van der Waals surface area contributed by atoms with Gasteiger partial charge in [-0.1, -0.05) is 54.5 Å². The second-order valence-corrected chi connectivity index (χ2v) is 10.6. The number of hydrogen-bond acceptors (Lipinski definition) is 8. The summed E-state index contributed by atoms with van der Waals surface area (Å²) in [6.45, 7) is 9.17. The van der Waals surface area contributed by atoms with E-state index in [0.29, 0.717) is 32.1 Å². The van der Waals surface area contributed by atoms with Crippen LogP contribution in [0.4, 0.5) is 5.69 Å². The fraction of sp³-hybridized carbons (Fsp3) is 0.280. The number of rotatable bonds is 6. The third-order valence-electron chi connectivity index (χ3n) is 4.99. The number of nitrogens with one attached hydrogen (secondary N) is 1. The van der Waals surface area contributed by atoms with Gasteiger partial charge in [-0.2, -0.15) is 5.10 Å². The van der Waals surface area contributed by atoms with Crippen molar-refractivity contribution in [3.63, 3.8) is 0 Å². The number of hydrogen-bond donors (Lipinski definition) is 1. The average Bonchev–Trinajstić information content (AvgIpc) is 3.52. The summed E-state index contributed by atoms with van der Waals surface area (Å²) in [4.78, 5) is 28.7. The van der Waals surface area contributed by atoms with Crippen molar-refractivity contribution in [3.05, 3.63) is 81.3 Å². The molecule has 2 heterocycles. The number of nitrogens with zero attached hydrogens (tertiary/aromatic N) is 5. The number of anilines is 1. The van der Waals surface area contributed by atoms with Crippen LogP contribution in [-0.2, 0) is 4.79 Å². The molecule has 4 aromatic rings. The average molecular weight is 561 g/mol. The maximum atomic E-state index is 12.5. The second-order valence-electron chi connectivity index (χ2n) is 9.02. The van der Waals surface area contributed by atoms with Crippen LogP contribution in [0.15, 0.2) is 55.1 Å². The SMILES string of the molecule is CC(C)(C)C(=O)C(Oc1ccc(Cl)cc1)n1cncn1.Cc1ccc(NC(=O)c2snnc2C)cc1Cl. The Morgan fingerprint density at radius 2 is 1.78 bits per heavy atom. The van der Waals surface area contributed by atoms with Gasteiger partial charge in [0.25, 0.3) is 12.1 Å². The summed E-state index contributed by atoms with van der Waals surface area (Å²) in [5, 5.41) is 11.8. The quantitative estimate of drug-likeness (QED) is 0.299. The van der Waals surface area contributed by atoms with Crippen LogP contribution in [0.25, 0.3) is 0 Å². The molecule has 0 fully saturated rings. The number of amides is 1. The molecule has 0 radical (unpaired) electrons. The molecule has 0 saturated heterocycles. The zero-order valence-corrected chi connectivity index (χ0v) is 23.2. The predicted octanol–water partition coefficient (Wildman–Crippen LogP) is 6.18. The van der Waals surface area contributed by atoms with Crippen LogP contribution in [0, 0.1) is 19.3 Å². The monoisotopic (exact) mass is 560 g/mol. The zero-order valence-electron chi connectivity index (χ0n) is 20.9. The van der Waals surface area contributed by atoms with E-state index in [1.54, 1.807) is 37.3 Å². The molecule has 2 aromatic heterocycles. The summed E-state index contributed by atoms with van der Waals surface area (Å²) >= 11 is 12.9. The minimum Gasteiger partial charge on any atom is -0.461 e. The standard InChI is InChI=1S/C14H16ClN3O2.C11H10ClN3OS/c1-14(2,3)12(19)13(18-9-16-8-17-18)20-11-6-4-10(15)5-7-11;1-6-3-4-8(5-9(6)12)13-11(16)10-7(2)14-15-17-10/h4-9,13H,1-3H3;3-5H,1-2H3,(H,13,16). The molecule has 0 aliphatic carbocycles. The summed E-state index contributed by atoms with van der Waals surface area (Å²) in [7, 11) is 0. The van der Waals surface area contributed by atoms with Gasteiger partial charge < -0.3 is 10.1 Å². The first kappa shape index (κ1) is 28.2. The number of Topliss-reactive ketones (excluding diaryl/α,β-unsaturated/α-hetero) is 1. The van der Waals surface area contributed by atoms with Crippen LogP contribution in [0.2, 0.25) is 10.0 Å². The first-order chi connectivity index (χ1) is 17.5. The summed E-state index contributed by atoms with van der Waals surface area (Å²) < 4.78 is 10.9. The molecule has 1 amide bonds. The largest absolute Gasteiger partial charge is 0.461 e. The van der Waals surface area contributed by atoms with Crippen molar-refractivity contribution in [2.75, 3.05) is 5.32 Å². The van der Waals surface area contributed by atoms with Gasteiger partial charge in [-0.15, -0.1) is 5.10 Å². The molecule has 0 aliphatic heterocycles. The number of ketones is 1. The van der Waals surface area contributed by atoms with Crippen molar-refractivity contribution in [1.82, 2.24) is 24.4 Å². The molecular weight excluding hydrogens is 535 g/mol. The van der Waals surface area contributed by atoms with E-state index in [0.717, 1.165) is 17.1 Å². The highest BCUT2D eigenvalue weighted by molar-refractivity contribution is 7.08. The van der Waals surface area contributed by atoms with Gasteiger partial charge in [0.15, 0.2) is 0 Å². The Labute approximate surface area is 229 Å². The lowest BCUT2D eigenvalue weighted by Gasteiger charge is -2.25. The zero-order chi connectivity index (χ0) is 27.2. The van der Waals surface area contributed by atoms with E-state index in [2.05, 4.69) is 25.0 Å². The second kappa shape index (κ2) is 12.3. The van der Waals surface area contributed by atoms with Crippen LogP contribution < -0.4 is 10.1 Å². The first-order valence-electron chi connectivity index (χ1n) is 11.1. The van der Waals surface area contributed by atoms with E-state index in [9.17, 15) is 9.59 Å². The molecule has 37 heavy (non-hydrogen) atoms. The molecular formula is C25H26Cl2N6O3S. The van der Waals surface area contributed by atoms with E-state index in [1.807, 2.05) is 39.8 Å². The molecule has 194 valence electrons. The molecule has 1 unspecified atom stereocenters. The Morgan fingerprint density at radius 1 is 1.08 bits per heavy atom. The van der Waals surface area contributed by atoms with Gasteiger partial charge >= 0.3 is 0 Å². The molecule has 1 N–H and O–H groups in total. The lowest BCUT2D eigenvalue weighted by atomic mass is 9.90. The number of ether oxygens (including phenoxy) is 1. The van der Waals surface area contributed by atoms with E-state index >= 15 is 0 Å². The highest BCUT2D eigenvalue weighted by atomic mass is 35.5. The Balaban J connectivity index is 0.000000208. The normalized spacial score (nSPS) is 11.8. The first-order valence-corrected chi connectivity index (χ1v) is 12.7. The third kappa shape index (κ3) is 7.82. The summed E-state index contributed by atoms with van der Waals surface area (Å²) in [6.07, 6.45) is 1.98. The predicted molar refractivity (Wildman–Crippen MR) is 144 cm³/mol. The fourth-order valence-corrected chi connectivity index (χ4v) is 3.74. The molecule has 1 atom stereocenters. The number of carbonyl (C=O) groups is 2. The van der Waals surface area contributed by atoms with Gasteiger partial charge in [-0.05, 0) is 67.3 Å². The van der Waals surface area contributed by atoms with E-state index in [-0.39, 0.29) is 11.7 Å². The molecule has 4 rings (SSSR count). The molecule has 2 aromatic carbocycles. The van der Waals surface area contributed by atoms with E-state index in [1.165, 1.54) is 17.3 Å². The summed E-state index contributed by atoms with van der Waals surface area (Å²) in [6, 6.07) is 12.2. The highest BCUT2D eigenvalue weighted by Crippen LogP contribution is 2.27. The Kier molecular flexibility index (Phi) is 9.36. The maximum absolute atomic E-state index is 12.5. The Morgan fingerprint density at radius 3 is 2.32 bits per heavy atom. The highest BCUT2D eigenvalue weighted by Gasteiger charge is 2.33. The third-order valence-corrected chi connectivity index (χ3v) is 6.48. The smallest absolute Gasteiger partial charge is 0.269 e. The van der Waals surface area contributed by atoms with Crippen molar-refractivity contribution < 1.29 is 14.3 Å². The number of benzene rings is 2. The summed E-state index contributed by atoms with van der Waals surface area (Å²) in [5.41, 5.74) is 1.72. The van der Waals surface area contributed by atoms with Crippen molar-refractivity contribution in [2.24, 2.45) is 5.41 Å². The van der Waals surface area contributed by atoms with Crippen molar-refractivity contribution in [3.8, 4) is 5.75 Å². The summed E-state index contributed by atoms with van der Waals surface area (Å²) in [5.74, 6) is 0.253. The maximum Gasteiger partial charge on any atom is 0.269 e. The number of halogens is 2. The van der Waals surface area contributed by atoms with Crippen molar-refractivity contribution in [2.45, 2.75) is 40.8 Å². The lowest BCUT2D eigenvalue weighted by Crippen LogP contribution is -2.34.